The number of aromatic nitrogens is 1. The highest BCUT2D eigenvalue weighted by atomic mass is 16.5. The number of ether oxygens (including phenoxy) is 2. The van der Waals surface area contributed by atoms with Crippen molar-refractivity contribution in [1.29, 1.82) is 0 Å². The van der Waals surface area contributed by atoms with Gasteiger partial charge in [0.15, 0.2) is 11.5 Å². The van der Waals surface area contributed by atoms with Crippen LogP contribution in [0.1, 0.15) is 30.5 Å². The highest BCUT2D eigenvalue weighted by Crippen LogP contribution is 2.37. The summed E-state index contributed by atoms with van der Waals surface area (Å²) in [6, 6.07) is 9.74. The number of carbonyl (C=O) groups is 1. The molecule has 1 heterocycles. The maximum absolute atomic E-state index is 11.5. The van der Waals surface area contributed by atoms with Gasteiger partial charge in [0.25, 0.3) is 0 Å². The molecule has 0 aliphatic carbocycles. The largest absolute Gasteiger partial charge is 0.490 e. The first kappa shape index (κ1) is 18.8. The van der Waals surface area contributed by atoms with E-state index in [1.165, 1.54) is 5.56 Å². The number of aryl methyl sites for hydroxylation is 2. The summed E-state index contributed by atoms with van der Waals surface area (Å²) in [6.07, 6.45) is -0.0466. The zero-order valence-electron chi connectivity index (χ0n) is 16.2. The average molecular weight is 367 g/mol. The Balaban J connectivity index is 2.22. The molecule has 3 aromatic rings. The molecule has 0 saturated carbocycles. The summed E-state index contributed by atoms with van der Waals surface area (Å²) >= 11 is 0. The van der Waals surface area contributed by atoms with Gasteiger partial charge in [-0.15, -0.1) is 0 Å². The summed E-state index contributed by atoms with van der Waals surface area (Å²) < 4.78 is 11.4. The number of hydrogen-bond donors (Lipinski definition) is 2. The summed E-state index contributed by atoms with van der Waals surface area (Å²) in [6.45, 7) is 9.03. The number of hydrogen-bond acceptors (Lipinski definition) is 3. The van der Waals surface area contributed by atoms with Gasteiger partial charge in [-0.1, -0.05) is 12.1 Å². The zero-order chi connectivity index (χ0) is 19.6. The van der Waals surface area contributed by atoms with E-state index in [1.807, 2.05) is 51.1 Å². The van der Waals surface area contributed by atoms with Crippen LogP contribution in [0.25, 0.3) is 22.2 Å². The second kappa shape index (κ2) is 7.74. The van der Waals surface area contributed by atoms with Crippen molar-refractivity contribution in [2.45, 2.75) is 34.1 Å². The SMILES string of the molecule is CCOc1ccc(-c2[nH]c3c(C)c(C)ccc3c2CC(=O)O)cc1OCC. The fourth-order valence-electron chi connectivity index (χ4n) is 3.35. The Labute approximate surface area is 158 Å². The van der Waals surface area contributed by atoms with Gasteiger partial charge in [0, 0.05) is 16.5 Å². The summed E-state index contributed by atoms with van der Waals surface area (Å²) in [5.74, 6) is 0.488. The lowest BCUT2D eigenvalue weighted by Crippen LogP contribution is -2.02. The number of carboxylic acids is 1. The monoisotopic (exact) mass is 367 g/mol. The van der Waals surface area contributed by atoms with Crippen LogP contribution in [0.15, 0.2) is 30.3 Å². The highest BCUT2D eigenvalue weighted by Gasteiger charge is 2.19. The lowest BCUT2D eigenvalue weighted by Gasteiger charge is -2.12. The van der Waals surface area contributed by atoms with Gasteiger partial charge in [0.05, 0.1) is 25.3 Å². The van der Waals surface area contributed by atoms with E-state index < -0.39 is 5.97 Å². The van der Waals surface area contributed by atoms with Crippen molar-refractivity contribution in [1.82, 2.24) is 4.98 Å². The van der Waals surface area contributed by atoms with E-state index in [4.69, 9.17) is 9.47 Å². The zero-order valence-corrected chi connectivity index (χ0v) is 16.2. The molecule has 0 bridgehead atoms. The minimum Gasteiger partial charge on any atom is -0.490 e. The molecule has 0 aliphatic heterocycles. The van der Waals surface area contributed by atoms with Gasteiger partial charge >= 0.3 is 5.97 Å². The molecular weight excluding hydrogens is 342 g/mol. The molecule has 27 heavy (non-hydrogen) atoms. The number of carboxylic acid groups (broad SMARTS) is 1. The predicted octanol–water partition coefficient (Wildman–Crippen LogP) is 4.88. The quantitative estimate of drug-likeness (QED) is 0.624. The van der Waals surface area contributed by atoms with E-state index in [9.17, 15) is 9.90 Å². The van der Waals surface area contributed by atoms with Crippen molar-refractivity contribution >= 4 is 16.9 Å². The molecule has 5 heteroatoms. The standard InChI is InChI=1S/C22H25NO4/c1-5-26-18-10-8-15(11-19(18)27-6-2)22-17(12-20(24)25)16-9-7-13(3)14(4)21(16)23-22/h7-11,23H,5-6,12H2,1-4H3,(H,24,25). The summed E-state index contributed by atoms with van der Waals surface area (Å²) in [4.78, 5) is 15.0. The van der Waals surface area contributed by atoms with Crippen molar-refractivity contribution in [3.05, 3.63) is 47.0 Å². The van der Waals surface area contributed by atoms with Gasteiger partial charge in [-0.05, 0) is 62.6 Å². The summed E-state index contributed by atoms with van der Waals surface area (Å²) in [5.41, 5.74) is 5.75. The normalized spacial score (nSPS) is 11.0. The molecule has 2 N–H and O–H groups in total. The van der Waals surface area contributed by atoms with Crippen molar-refractivity contribution in [2.24, 2.45) is 0 Å². The summed E-state index contributed by atoms with van der Waals surface area (Å²) in [5, 5.41) is 10.4. The van der Waals surface area contributed by atoms with Crippen LogP contribution in [-0.2, 0) is 11.2 Å². The van der Waals surface area contributed by atoms with E-state index >= 15 is 0 Å². The van der Waals surface area contributed by atoms with Crippen molar-refractivity contribution in [3.8, 4) is 22.8 Å². The van der Waals surface area contributed by atoms with Crippen LogP contribution in [-0.4, -0.2) is 29.3 Å². The predicted molar refractivity (Wildman–Crippen MR) is 107 cm³/mol. The van der Waals surface area contributed by atoms with Crippen LogP contribution < -0.4 is 9.47 Å². The Morgan fingerprint density at radius 3 is 2.41 bits per heavy atom. The fraction of sp³-hybridized carbons (Fsp3) is 0.318. The first-order valence-corrected chi connectivity index (χ1v) is 9.18. The molecule has 0 radical (unpaired) electrons. The molecule has 0 saturated heterocycles. The molecule has 5 nitrogen and oxygen atoms in total. The van der Waals surface area contributed by atoms with Crippen LogP contribution >= 0.6 is 0 Å². The molecule has 0 spiro atoms. The Morgan fingerprint density at radius 2 is 1.74 bits per heavy atom. The van der Waals surface area contributed by atoms with Gasteiger partial charge in [0.2, 0.25) is 0 Å². The molecule has 0 aliphatic rings. The molecular formula is C22H25NO4. The van der Waals surface area contributed by atoms with E-state index in [-0.39, 0.29) is 6.42 Å². The Bertz CT molecular complexity index is 988. The number of H-pyrrole nitrogens is 1. The number of nitrogens with one attached hydrogen (secondary N) is 1. The lowest BCUT2D eigenvalue weighted by molar-refractivity contribution is -0.136. The molecule has 3 rings (SSSR count). The third-order valence-electron chi connectivity index (χ3n) is 4.77. The molecule has 142 valence electrons. The van der Waals surface area contributed by atoms with E-state index in [2.05, 4.69) is 11.9 Å². The van der Waals surface area contributed by atoms with Gasteiger partial charge in [0.1, 0.15) is 0 Å². The Kier molecular flexibility index (Phi) is 5.40. The molecule has 0 amide bonds. The van der Waals surface area contributed by atoms with Crippen molar-refractivity contribution in [3.63, 3.8) is 0 Å². The van der Waals surface area contributed by atoms with E-state index in [0.29, 0.717) is 24.7 Å². The third kappa shape index (κ3) is 3.63. The third-order valence-corrected chi connectivity index (χ3v) is 4.77. The maximum atomic E-state index is 11.5. The first-order valence-electron chi connectivity index (χ1n) is 9.18. The minimum absolute atomic E-state index is 0.0466. The van der Waals surface area contributed by atoms with Gasteiger partial charge < -0.3 is 19.6 Å². The van der Waals surface area contributed by atoms with Crippen LogP contribution in [0.2, 0.25) is 0 Å². The van der Waals surface area contributed by atoms with Crippen LogP contribution in [0.4, 0.5) is 0 Å². The number of benzene rings is 2. The average Bonchev–Trinajstić information content (AvgIpc) is 2.98. The van der Waals surface area contributed by atoms with Crippen molar-refractivity contribution < 1.29 is 19.4 Å². The second-order valence-corrected chi connectivity index (χ2v) is 6.51. The topological polar surface area (TPSA) is 71.6 Å². The molecule has 1 aromatic heterocycles. The van der Waals surface area contributed by atoms with E-state index in [1.54, 1.807) is 0 Å². The number of aromatic amines is 1. The maximum Gasteiger partial charge on any atom is 0.307 e. The second-order valence-electron chi connectivity index (χ2n) is 6.51. The minimum atomic E-state index is -0.855. The van der Waals surface area contributed by atoms with Crippen LogP contribution in [0, 0.1) is 13.8 Å². The number of fused-ring (bicyclic) bond motifs is 1. The molecule has 0 fully saturated rings. The number of rotatable bonds is 7. The smallest absolute Gasteiger partial charge is 0.307 e. The first-order chi connectivity index (χ1) is 13.0. The lowest BCUT2D eigenvalue weighted by atomic mass is 10.00. The highest BCUT2D eigenvalue weighted by molar-refractivity contribution is 5.96. The van der Waals surface area contributed by atoms with Gasteiger partial charge in [-0.25, -0.2) is 0 Å². The molecule has 2 aromatic carbocycles. The molecule has 0 atom stereocenters. The molecule has 0 unspecified atom stereocenters. The van der Waals surface area contributed by atoms with Crippen molar-refractivity contribution in [2.75, 3.05) is 13.2 Å². The summed E-state index contributed by atoms with van der Waals surface area (Å²) in [7, 11) is 0. The Hall–Kier alpha value is -2.95. The number of aliphatic carboxylic acids is 1. The van der Waals surface area contributed by atoms with Gasteiger partial charge in [-0.3, -0.25) is 4.79 Å². The van der Waals surface area contributed by atoms with Crippen LogP contribution in [0.3, 0.4) is 0 Å². The van der Waals surface area contributed by atoms with Crippen LogP contribution in [0.5, 0.6) is 11.5 Å². The van der Waals surface area contributed by atoms with E-state index in [0.717, 1.165) is 33.3 Å². The van der Waals surface area contributed by atoms with Gasteiger partial charge in [-0.2, -0.15) is 0 Å². The fourth-order valence-corrected chi connectivity index (χ4v) is 3.35. The Morgan fingerprint density at radius 1 is 1.04 bits per heavy atom.